The van der Waals surface area contributed by atoms with E-state index in [-0.39, 0.29) is 16.9 Å². The third kappa shape index (κ3) is 8.40. The van der Waals surface area contributed by atoms with E-state index in [0.29, 0.717) is 11.1 Å². The maximum atomic E-state index is 13.5. The number of nitrogens with zero attached hydrogens (tertiary/aromatic N) is 3. The third-order valence-corrected chi connectivity index (χ3v) is 6.46. The first kappa shape index (κ1) is 30.3. The Bertz CT molecular complexity index is 1630. The Kier molecular flexibility index (Phi) is 10.0. The second kappa shape index (κ2) is 14.3. The van der Waals surface area contributed by atoms with Gasteiger partial charge in [-0.25, -0.2) is 5.43 Å². The van der Waals surface area contributed by atoms with Gasteiger partial charge in [0.05, 0.1) is 17.5 Å². The van der Waals surface area contributed by atoms with Crippen LogP contribution in [0, 0.1) is 0 Å². The first-order chi connectivity index (χ1) is 20.7. The normalized spacial score (nSPS) is 11.1. The number of carbonyl (C=O) groups excluding carboxylic acids is 3. The summed E-state index contributed by atoms with van der Waals surface area (Å²) < 4.78 is 0. The van der Waals surface area contributed by atoms with E-state index in [2.05, 4.69) is 21.2 Å². The first-order valence-electron chi connectivity index (χ1n) is 13.6. The van der Waals surface area contributed by atoms with Crippen molar-refractivity contribution in [2.75, 3.05) is 43.3 Å². The Morgan fingerprint density at radius 2 is 1.21 bits per heavy atom. The minimum Gasteiger partial charge on any atom is -0.378 e. The quantitative estimate of drug-likeness (QED) is 0.141. The predicted molar refractivity (Wildman–Crippen MR) is 174 cm³/mol. The predicted octanol–water partition coefficient (Wildman–Crippen LogP) is 4.99. The van der Waals surface area contributed by atoms with Crippen molar-refractivity contribution in [3.63, 3.8) is 0 Å². The molecule has 0 heterocycles. The molecular weight excluding hydrogens is 540 g/mol. The van der Waals surface area contributed by atoms with Crippen LogP contribution in [-0.4, -0.2) is 52.1 Å². The van der Waals surface area contributed by atoms with Crippen molar-refractivity contribution in [1.82, 2.24) is 10.7 Å². The summed E-state index contributed by atoms with van der Waals surface area (Å²) in [5.41, 5.74) is 6.97. The first-order valence-corrected chi connectivity index (χ1v) is 13.6. The molecule has 0 fully saturated rings. The minimum atomic E-state index is -0.592. The van der Waals surface area contributed by atoms with Crippen molar-refractivity contribution in [1.29, 1.82) is 0 Å². The molecule has 0 bridgehead atoms. The van der Waals surface area contributed by atoms with Crippen LogP contribution in [0.5, 0.6) is 0 Å². The minimum absolute atomic E-state index is 0.0147. The van der Waals surface area contributed by atoms with Gasteiger partial charge >= 0.3 is 0 Å². The maximum Gasteiger partial charge on any atom is 0.273 e. The summed E-state index contributed by atoms with van der Waals surface area (Å²) >= 11 is 0. The number of nitrogens with one attached hydrogen (secondary N) is 3. The lowest BCUT2D eigenvalue weighted by molar-refractivity contribution is -0.113. The summed E-state index contributed by atoms with van der Waals surface area (Å²) in [5.74, 6) is -1.54. The van der Waals surface area contributed by atoms with Crippen LogP contribution in [0.1, 0.15) is 31.8 Å². The Morgan fingerprint density at radius 1 is 0.651 bits per heavy atom. The smallest absolute Gasteiger partial charge is 0.273 e. The van der Waals surface area contributed by atoms with E-state index in [9.17, 15) is 14.4 Å². The summed E-state index contributed by atoms with van der Waals surface area (Å²) in [5, 5.41) is 9.57. The van der Waals surface area contributed by atoms with Gasteiger partial charge in [-0.05, 0) is 65.7 Å². The van der Waals surface area contributed by atoms with Gasteiger partial charge in [0.1, 0.15) is 5.70 Å². The second-order valence-electron chi connectivity index (χ2n) is 10.0. The number of hydrogen-bond donors (Lipinski definition) is 3. The van der Waals surface area contributed by atoms with Gasteiger partial charge in [-0.1, -0.05) is 54.6 Å². The number of hydrazone groups is 1. The van der Waals surface area contributed by atoms with E-state index >= 15 is 0 Å². The highest BCUT2D eigenvalue weighted by atomic mass is 16.2. The topological polar surface area (TPSA) is 106 Å². The average molecular weight is 575 g/mol. The maximum absolute atomic E-state index is 13.5. The molecule has 0 aliphatic heterocycles. The highest BCUT2D eigenvalue weighted by Gasteiger charge is 2.18. The molecule has 0 atom stereocenters. The van der Waals surface area contributed by atoms with Gasteiger partial charge in [-0.15, -0.1) is 0 Å². The zero-order valence-electron chi connectivity index (χ0n) is 24.5. The fourth-order valence-corrected chi connectivity index (χ4v) is 4.04. The standard InChI is InChI=1S/C34H34N6O3/c1-39(2)27-18-14-24(15-19-27)22-31(37-32(41)26-10-6-5-7-11-26)34(43)36-30-13-9-8-12-29(30)33(42)38-35-23-25-16-20-28(21-17-25)40(3)4/h5-23H,1-4H3,(H,36,43)(H,37,41)(H,38,42). The monoisotopic (exact) mass is 574 g/mol. The van der Waals surface area contributed by atoms with Crippen LogP contribution in [0.15, 0.2) is 114 Å². The molecule has 9 nitrogen and oxygen atoms in total. The summed E-state index contributed by atoms with van der Waals surface area (Å²) in [7, 11) is 7.78. The van der Waals surface area contributed by atoms with Crippen LogP contribution in [0.4, 0.5) is 17.1 Å². The van der Waals surface area contributed by atoms with Gasteiger partial charge in [0.25, 0.3) is 17.7 Å². The highest BCUT2D eigenvalue weighted by molar-refractivity contribution is 6.13. The van der Waals surface area contributed by atoms with E-state index < -0.39 is 17.7 Å². The van der Waals surface area contributed by atoms with E-state index in [1.807, 2.05) is 86.5 Å². The number of para-hydroxylation sites is 1. The van der Waals surface area contributed by atoms with Crippen LogP contribution in [0.2, 0.25) is 0 Å². The van der Waals surface area contributed by atoms with Gasteiger partial charge in [-0.3, -0.25) is 14.4 Å². The Labute approximate surface area is 251 Å². The Hall–Kier alpha value is -5.70. The van der Waals surface area contributed by atoms with Crippen molar-refractivity contribution in [2.45, 2.75) is 0 Å². The molecular formula is C34H34N6O3. The zero-order valence-corrected chi connectivity index (χ0v) is 24.5. The van der Waals surface area contributed by atoms with Gasteiger partial charge in [0, 0.05) is 45.1 Å². The van der Waals surface area contributed by atoms with E-state index in [1.54, 1.807) is 66.9 Å². The lowest BCUT2D eigenvalue weighted by Gasteiger charge is -2.14. The number of rotatable bonds is 10. The van der Waals surface area contributed by atoms with Crippen molar-refractivity contribution in [2.24, 2.45) is 5.10 Å². The lowest BCUT2D eigenvalue weighted by atomic mass is 10.1. The number of benzene rings is 4. The van der Waals surface area contributed by atoms with Crippen molar-refractivity contribution >= 4 is 47.1 Å². The largest absolute Gasteiger partial charge is 0.378 e. The molecule has 0 spiro atoms. The summed E-state index contributed by atoms with van der Waals surface area (Å²) in [6.07, 6.45) is 3.13. The molecule has 4 aromatic rings. The van der Waals surface area contributed by atoms with E-state index in [0.717, 1.165) is 16.9 Å². The molecule has 3 amide bonds. The number of hydrogen-bond acceptors (Lipinski definition) is 6. The molecule has 0 unspecified atom stereocenters. The van der Waals surface area contributed by atoms with E-state index in [4.69, 9.17) is 0 Å². The fourth-order valence-electron chi connectivity index (χ4n) is 4.04. The molecule has 218 valence electrons. The van der Waals surface area contributed by atoms with E-state index in [1.165, 1.54) is 0 Å². The van der Waals surface area contributed by atoms with Crippen LogP contribution in [0.3, 0.4) is 0 Å². The number of amides is 3. The molecule has 9 heteroatoms. The molecule has 0 aliphatic rings. The van der Waals surface area contributed by atoms with Crippen molar-refractivity contribution in [3.05, 3.63) is 131 Å². The molecule has 0 saturated heterocycles. The SMILES string of the molecule is CN(C)c1ccc(C=NNC(=O)c2ccccc2NC(=O)C(=Cc2ccc(N(C)C)cc2)NC(=O)c2ccccc2)cc1. The molecule has 0 aliphatic carbocycles. The summed E-state index contributed by atoms with van der Waals surface area (Å²) in [6.45, 7) is 0. The molecule has 4 rings (SSSR count). The molecule has 4 aromatic carbocycles. The van der Waals surface area contributed by atoms with Gasteiger partial charge in [0.15, 0.2) is 0 Å². The molecule has 0 aromatic heterocycles. The zero-order chi connectivity index (χ0) is 30.8. The Morgan fingerprint density at radius 3 is 1.81 bits per heavy atom. The molecule has 3 N–H and O–H groups in total. The molecule has 0 saturated carbocycles. The van der Waals surface area contributed by atoms with Gasteiger partial charge in [0.2, 0.25) is 0 Å². The van der Waals surface area contributed by atoms with Crippen molar-refractivity contribution in [3.8, 4) is 0 Å². The third-order valence-electron chi connectivity index (χ3n) is 6.46. The fraction of sp³-hybridized carbons (Fsp3) is 0.118. The Balaban J connectivity index is 1.53. The summed E-state index contributed by atoms with van der Waals surface area (Å²) in [4.78, 5) is 43.5. The number of carbonyl (C=O) groups is 3. The lowest BCUT2D eigenvalue weighted by Crippen LogP contribution is -2.31. The molecule has 0 radical (unpaired) electrons. The molecule has 43 heavy (non-hydrogen) atoms. The van der Waals surface area contributed by atoms with Crippen LogP contribution in [-0.2, 0) is 4.79 Å². The summed E-state index contributed by atoms with van der Waals surface area (Å²) in [6, 6.07) is 30.4. The number of anilines is 3. The van der Waals surface area contributed by atoms with Crippen LogP contribution < -0.4 is 25.9 Å². The van der Waals surface area contributed by atoms with Crippen LogP contribution in [0.25, 0.3) is 6.08 Å². The van der Waals surface area contributed by atoms with Gasteiger partial charge in [-0.2, -0.15) is 5.10 Å². The van der Waals surface area contributed by atoms with Crippen LogP contribution >= 0.6 is 0 Å². The highest BCUT2D eigenvalue weighted by Crippen LogP contribution is 2.18. The second-order valence-corrected chi connectivity index (χ2v) is 10.0. The average Bonchev–Trinajstić information content (AvgIpc) is 3.01. The van der Waals surface area contributed by atoms with Crippen molar-refractivity contribution < 1.29 is 14.4 Å². The van der Waals surface area contributed by atoms with Gasteiger partial charge < -0.3 is 20.4 Å².